The minimum atomic E-state index is -0.118. The van der Waals surface area contributed by atoms with Crippen LogP contribution in [0.2, 0.25) is 0 Å². The first-order valence-corrected chi connectivity index (χ1v) is 10.7. The Morgan fingerprint density at radius 2 is 1.93 bits per heavy atom. The number of hydrogen-bond acceptors (Lipinski definition) is 6. The van der Waals surface area contributed by atoms with Crippen LogP contribution in [0.3, 0.4) is 0 Å². The molecule has 0 unspecified atom stereocenters. The number of nitrogens with zero attached hydrogens (tertiary/aromatic N) is 3. The van der Waals surface area contributed by atoms with E-state index in [4.69, 9.17) is 4.42 Å². The van der Waals surface area contributed by atoms with E-state index >= 15 is 0 Å². The highest BCUT2D eigenvalue weighted by Crippen LogP contribution is 2.31. The highest BCUT2D eigenvalue weighted by molar-refractivity contribution is 7.21. The Kier molecular flexibility index (Phi) is 5.92. The fourth-order valence-electron chi connectivity index (χ4n) is 3.33. The van der Waals surface area contributed by atoms with Crippen LogP contribution >= 0.6 is 11.3 Å². The van der Waals surface area contributed by atoms with Crippen LogP contribution in [-0.4, -0.2) is 65.9 Å². The number of fused-ring (bicyclic) bond motifs is 1. The van der Waals surface area contributed by atoms with Gasteiger partial charge in [0.1, 0.15) is 0 Å². The molecule has 3 heterocycles. The first-order valence-electron chi connectivity index (χ1n) is 9.88. The number of thiazole rings is 1. The van der Waals surface area contributed by atoms with Gasteiger partial charge >= 0.3 is 0 Å². The molecule has 152 valence electrons. The third-order valence-electron chi connectivity index (χ3n) is 4.92. The molecule has 0 bridgehead atoms. The molecular formula is C21H24N4O3S. The number of amides is 2. The van der Waals surface area contributed by atoms with E-state index in [2.05, 4.69) is 15.2 Å². The predicted octanol–water partition coefficient (Wildman–Crippen LogP) is 2.84. The van der Waals surface area contributed by atoms with Crippen molar-refractivity contribution >= 4 is 33.4 Å². The minimum absolute atomic E-state index is 0.0399. The lowest BCUT2D eigenvalue weighted by molar-refractivity contribution is -0.122. The Labute approximate surface area is 173 Å². The van der Waals surface area contributed by atoms with Crippen LogP contribution in [-0.2, 0) is 4.79 Å². The second-order valence-corrected chi connectivity index (χ2v) is 8.10. The minimum Gasteiger partial charge on any atom is -0.448 e. The highest BCUT2D eigenvalue weighted by atomic mass is 32.1. The van der Waals surface area contributed by atoms with Gasteiger partial charge in [-0.05, 0) is 30.7 Å². The van der Waals surface area contributed by atoms with Crippen LogP contribution in [0.25, 0.3) is 21.0 Å². The number of furan rings is 1. The van der Waals surface area contributed by atoms with Crippen molar-refractivity contribution in [2.75, 3.05) is 39.3 Å². The predicted molar refractivity (Wildman–Crippen MR) is 113 cm³/mol. The van der Waals surface area contributed by atoms with Gasteiger partial charge in [0.25, 0.3) is 5.91 Å². The maximum absolute atomic E-state index is 12.8. The van der Waals surface area contributed by atoms with Gasteiger partial charge in [0.05, 0.1) is 16.8 Å². The molecule has 1 aliphatic heterocycles. The third kappa shape index (κ3) is 4.49. The molecule has 4 rings (SSSR count). The van der Waals surface area contributed by atoms with E-state index in [-0.39, 0.29) is 11.8 Å². The van der Waals surface area contributed by atoms with Crippen molar-refractivity contribution in [2.45, 2.75) is 13.3 Å². The SMILES string of the molecule is CCCNC(=O)CN1CCN(C(=O)c2ccc(-c3nc4ccccc4s3)o2)CC1. The van der Waals surface area contributed by atoms with Crippen LogP contribution in [0.15, 0.2) is 40.8 Å². The van der Waals surface area contributed by atoms with Crippen LogP contribution in [0.4, 0.5) is 0 Å². The van der Waals surface area contributed by atoms with E-state index in [1.165, 1.54) is 0 Å². The quantitative estimate of drug-likeness (QED) is 0.674. The van der Waals surface area contributed by atoms with Crippen LogP contribution in [0, 0.1) is 0 Å². The van der Waals surface area contributed by atoms with Gasteiger partial charge in [-0.2, -0.15) is 0 Å². The number of benzene rings is 1. The zero-order valence-corrected chi connectivity index (χ0v) is 17.2. The Bertz CT molecular complexity index is 971. The molecule has 2 amide bonds. The summed E-state index contributed by atoms with van der Waals surface area (Å²) >= 11 is 1.55. The monoisotopic (exact) mass is 412 g/mol. The van der Waals surface area contributed by atoms with Gasteiger partial charge in [-0.1, -0.05) is 19.1 Å². The number of piperazine rings is 1. The summed E-state index contributed by atoms with van der Waals surface area (Å²) < 4.78 is 6.92. The van der Waals surface area contributed by atoms with Gasteiger partial charge in [-0.3, -0.25) is 14.5 Å². The van der Waals surface area contributed by atoms with Crippen molar-refractivity contribution in [3.63, 3.8) is 0 Å². The molecule has 1 saturated heterocycles. The number of rotatable bonds is 6. The normalized spacial score (nSPS) is 15.0. The lowest BCUT2D eigenvalue weighted by Crippen LogP contribution is -2.51. The summed E-state index contributed by atoms with van der Waals surface area (Å²) in [5.41, 5.74) is 0.927. The molecule has 0 radical (unpaired) electrons. The molecule has 0 aliphatic carbocycles. The fourth-order valence-corrected chi connectivity index (χ4v) is 4.26. The number of aromatic nitrogens is 1. The second kappa shape index (κ2) is 8.75. The molecule has 0 atom stereocenters. The first-order chi connectivity index (χ1) is 14.1. The van der Waals surface area contributed by atoms with Gasteiger partial charge in [-0.25, -0.2) is 4.98 Å². The lowest BCUT2D eigenvalue weighted by atomic mass is 10.2. The van der Waals surface area contributed by atoms with Crippen LogP contribution in [0.5, 0.6) is 0 Å². The third-order valence-corrected chi connectivity index (χ3v) is 5.97. The Balaban J connectivity index is 1.35. The zero-order chi connectivity index (χ0) is 20.2. The van der Waals surface area contributed by atoms with E-state index in [9.17, 15) is 9.59 Å². The van der Waals surface area contributed by atoms with Crippen LogP contribution in [0.1, 0.15) is 23.9 Å². The Morgan fingerprint density at radius 1 is 1.14 bits per heavy atom. The maximum Gasteiger partial charge on any atom is 0.289 e. The summed E-state index contributed by atoms with van der Waals surface area (Å²) in [7, 11) is 0. The highest BCUT2D eigenvalue weighted by Gasteiger charge is 2.25. The summed E-state index contributed by atoms with van der Waals surface area (Å²) in [5, 5.41) is 3.66. The molecule has 3 aromatic rings. The lowest BCUT2D eigenvalue weighted by Gasteiger charge is -2.33. The van der Waals surface area contributed by atoms with Gasteiger partial charge in [-0.15, -0.1) is 11.3 Å². The largest absolute Gasteiger partial charge is 0.448 e. The van der Waals surface area contributed by atoms with E-state index in [1.807, 2.05) is 31.2 Å². The van der Waals surface area contributed by atoms with E-state index in [0.717, 1.165) is 21.6 Å². The second-order valence-electron chi connectivity index (χ2n) is 7.07. The molecular weight excluding hydrogens is 388 g/mol. The van der Waals surface area contributed by atoms with Crippen molar-refractivity contribution in [3.8, 4) is 10.8 Å². The molecule has 0 spiro atoms. The Morgan fingerprint density at radius 3 is 2.69 bits per heavy atom. The maximum atomic E-state index is 12.8. The van der Waals surface area contributed by atoms with E-state index in [0.29, 0.717) is 50.8 Å². The molecule has 1 N–H and O–H groups in total. The van der Waals surface area contributed by atoms with Gasteiger partial charge in [0.15, 0.2) is 16.5 Å². The smallest absolute Gasteiger partial charge is 0.289 e. The molecule has 1 fully saturated rings. The van der Waals surface area contributed by atoms with E-state index < -0.39 is 0 Å². The standard InChI is InChI=1S/C21H24N4O3S/c1-2-9-22-19(26)14-24-10-12-25(13-11-24)21(27)17-8-7-16(28-17)20-23-15-5-3-4-6-18(15)29-20/h3-8H,2,9-14H2,1H3,(H,22,26). The summed E-state index contributed by atoms with van der Waals surface area (Å²) in [4.78, 5) is 33.1. The zero-order valence-electron chi connectivity index (χ0n) is 16.4. The molecule has 1 aromatic carbocycles. The van der Waals surface area contributed by atoms with Crippen LogP contribution < -0.4 is 5.32 Å². The van der Waals surface area contributed by atoms with Gasteiger partial charge < -0.3 is 14.6 Å². The van der Waals surface area contributed by atoms with Crippen molar-refractivity contribution in [2.24, 2.45) is 0 Å². The van der Waals surface area contributed by atoms with Crippen molar-refractivity contribution in [1.29, 1.82) is 0 Å². The topological polar surface area (TPSA) is 78.7 Å². The van der Waals surface area contributed by atoms with Crippen molar-refractivity contribution < 1.29 is 14.0 Å². The molecule has 1 aliphatic rings. The summed E-state index contributed by atoms with van der Waals surface area (Å²) in [6.07, 6.45) is 0.927. The summed E-state index contributed by atoms with van der Waals surface area (Å²) in [6.45, 7) is 5.63. The number of nitrogens with one attached hydrogen (secondary N) is 1. The first kappa shape index (κ1) is 19.6. The Hall–Kier alpha value is -2.71. The fraction of sp³-hybridized carbons (Fsp3) is 0.381. The average Bonchev–Trinajstić information content (AvgIpc) is 3.39. The van der Waals surface area contributed by atoms with Gasteiger partial charge in [0.2, 0.25) is 5.91 Å². The van der Waals surface area contributed by atoms with Crippen molar-refractivity contribution in [3.05, 3.63) is 42.2 Å². The molecule has 0 saturated carbocycles. The molecule has 8 heteroatoms. The molecule has 29 heavy (non-hydrogen) atoms. The summed E-state index contributed by atoms with van der Waals surface area (Å²) in [5.74, 6) is 0.861. The average molecular weight is 413 g/mol. The number of carbonyl (C=O) groups excluding carboxylic acids is 2. The number of carbonyl (C=O) groups is 2. The summed E-state index contributed by atoms with van der Waals surface area (Å²) in [6, 6.07) is 11.4. The van der Waals surface area contributed by atoms with Gasteiger partial charge in [0, 0.05) is 32.7 Å². The molecule has 7 nitrogen and oxygen atoms in total. The van der Waals surface area contributed by atoms with E-state index in [1.54, 1.807) is 28.4 Å². The van der Waals surface area contributed by atoms with Crippen molar-refractivity contribution in [1.82, 2.24) is 20.1 Å². The molecule has 2 aromatic heterocycles. The number of para-hydroxylation sites is 1. The number of hydrogen-bond donors (Lipinski definition) is 1.